The van der Waals surface area contributed by atoms with Crippen LogP contribution >= 0.6 is 0 Å². The Kier molecular flexibility index (Phi) is 4.20. The number of anilines is 1. The lowest BCUT2D eigenvalue weighted by atomic mass is 10.3. The monoisotopic (exact) mass is 264 g/mol. The van der Waals surface area contributed by atoms with Gasteiger partial charge in [-0.1, -0.05) is 6.92 Å². The smallest absolute Gasteiger partial charge is 0.396 e. The van der Waals surface area contributed by atoms with Gasteiger partial charge < -0.3 is 10.6 Å². The zero-order chi connectivity index (χ0) is 13.9. The molecule has 0 aliphatic rings. The molecule has 1 rings (SSSR count). The number of hydrogen-bond donors (Lipinski definition) is 1. The topological polar surface area (TPSA) is 64.2 Å². The number of hydrogen-bond acceptors (Lipinski definition) is 3. The third-order valence-electron chi connectivity index (χ3n) is 2.21. The Bertz CT molecular complexity index is 427. The average Bonchev–Trinajstić information content (AvgIpc) is 2.54. The summed E-state index contributed by atoms with van der Waals surface area (Å²) in [5.74, 6) is -0.799. The van der Waals surface area contributed by atoms with Crippen molar-refractivity contribution in [2.75, 3.05) is 18.8 Å². The highest BCUT2D eigenvalue weighted by atomic mass is 19.4. The quantitative estimate of drug-likeness (QED) is 0.894. The van der Waals surface area contributed by atoms with Crippen LogP contribution in [-0.4, -0.2) is 39.9 Å². The van der Waals surface area contributed by atoms with Gasteiger partial charge in [-0.3, -0.25) is 9.48 Å². The van der Waals surface area contributed by atoms with Gasteiger partial charge in [0.25, 0.3) is 5.91 Å². The molecule has 0 unspecified atom stereocenters. The first kappa shape index (κ1) is 14.3. The van der Waals surface area contributed by atoms with E-state index in [2.05, 4.69) is 5.10 Å². The summed E-state index contributed by atoms with van der Waals surface area (Å²) < 4.78 is 38.4. The van der Waals surface area contributed by atoms with Crippen LogP contribution in [-0.2, 0) is 7.05 Å². The molecule has 102 valence electrons. The lowest BCUT2D eigenvalue weighted by molar-refractivity contribution is -0.140. The van der Waals surface area contributed by atoms with Crippen molar-refractivity contribution < 1.29 is 18.0 Å². The number of aromatic nitrogens is 2. The Morgan fingerprint density at radius 3 is 2.56 bits per heavy atom. The van der Waals surface area contributed by atoms with Crippen LogP contribution in [0.15, 0.2) is 6.20 Å². The number of rotatable bonds is 4. The van der Waals surface area contributed by atoms with Crippen molar-refractivity contribution in [2.24, 2.45) is 7.05 Å². The van der Waals surface area contributed by atoms with Gasteiger partial charge in [-0.2, -0.15) is 18.3 Å². The Hall–Kier alpha value is -1.73. The molecule has 0 saturated carbocycles. The molecule has 8 heteroatoms. The van der Waals surface area contributed by atoms with Crippen molar-refractivity contribution in [3.05, 3.63) is 11.9 Å². The van der Waals surface area contributed by atoms with Gasteiger partial charge in [-0.25, -0.2) is 0 Å². The van der Waals surface area contributed by atoms with E-state index in [4.69, 9.17) is 5.73 Å². The fourth-order valence-electron chi connectivity index (χ4n) is 1.56. The van der Waals surface area contributed by atoms with Gasteiger partial charge in [0.05, 0.1) is 5.69 Å². The van der Waals surface area contributed by atoms with E-state index in [0.29, 0.717) is 11.3 Å². The summed E-state index contributed by atoms with van der Waals surface area (Å²) >= 11 is 0. The zero-order valence-electron chi connectivity index (χ0n) is 10.2. The highest BCUT2D eigenvalue weighted by Crippen LogP contribution is 2.19. The first-order valence-corrected chi connectivity index (χ1v) is 5.39. The van der Waals surface area contributed by atoms with Crippen LogP contribution < -0.4 is 5.73 Å². The van der Waals surface area contributed by atoms with E-state index in [9.17, 15) is 18.0 Å². The van der Waals surface area contributed by atoms with Crippen molar-refractivity contribution >= 4 is 11.6 Å². The minimum atomic E-state index is -4.44. The van der Waals surface area contributed by atoms with E-state index in [0.717, 1.165) is 0 Å². The number of alkyl halides is 3. The summed E-state index contributed by atoms with van der Waals surface area (Å²) in [6.07, 6.45) is -2.63. The molecule has 0 fully saturated rings. The maximum atomic E-state index is 12.4. The van der Waals surface area contributed by atoms with Gasteiger partial charge in [0, 0.05) is 19.8 Å². The van der Waals surface area contributed by atoms with Crippen LogP contribution in [0.25, 0.3) is 0 Å². The van der Waals surface area contributed by atoms with E-state index >= 15 is 0 Å². The molecule has 0 atom stereocenters. The molecular formula is C10H15F3N4O. The molecule has 1 amide bonds. The molecule has 0 bridgehead atoms. The molecule has 5 nitrogen and oxygen atoms in total. The normalized spacial score (nSPS) is 11.6. The zero-order valence-corrected chi connectivity index (χ0v) is 10.2. The average molecular weight is 264 g/mol. The van der Waals surface area contributed by atoms with Gasteiger partial charge in [0.1, 0.15) is 6.54 Å². The van der Waals surface area contributed by atoms with Crippen LogP contribution in [0.5, 0.6) is 0 Å². The predicted octanol–water partition coefficient (Wildman–Crippen LogP) is 1.42. The summed E-state index contributed by atoms with van der Waals surface area (Å²) in [6.45, 7) is 0.405. The fraction of sp³-hybridized carbons (Fsp3) is 0.600. The van der Waals surface area contributed by atoms with Gasteiger partial charge in [0.15, 0.2) is 5.69 Å². The van der Waals surface area contributed by atoms with Crippen LogP contribution in [0.4, 0.5) is 18.9 Å². The van der Waals surface area contributed by atoms with Crippen molar-refractivity contribution in [3.63, 3.8) is 0 Å². The lowest BCUT2D eigenvalue weighted by Gasteiger charge is -2.22. The molecule has 0 aliphatic carbocycles. The second-order valence-corrected chi connectivity index (χ2v) is 3.95. The number of nitrogens with zero attached hydrogens (tertiary/aromatic N) is 3. The first-order valence-electron chi connectivity index (χ1n) is 5.39. The Labute approximate surface area is 102 Å². The Morgan fingerprint density at radius 1 is 1.56 bits per heavy atom. The summed E-state index contributed by atoms with van der Waals surface area (Å²) in [5, 5.41) is 3.78. The Morgan fingerprint density at radius 2 is 2.17 bits per heavy atom. The second-order valence-electron chi connectivity index (χ2n) is 3.95. The summed E-state index contributed by atoms with van der Waals surface area (Å²) in [6, 6.07) is 0. The van der Waals surface area contributed by atoms with Crippen LogP contribution in [0.3, 0.4) is 0 Å². The number of carbonyl (C=O) groups excluding carboxylic acids is 1. The highest BCUT2D eigenvalue weighted by molar-refractivity contribution is 5.97. The maximum absolute atomic E-state index is 12.4. The SMILES string of the molecule is CCCN(CC(F)(F)F)C(=O)c1nn(C)cc1N. The standard InChI is InChI=1S/C10H15F3N4O/c1-3-4-17(6-10(11,12)13)9(18)8-7(14)5-16(2)15-8/h5H,3-4,6,14H2,1-2H3. The molecule has 1 heterocycles. The molecule has 0 spiro atoms. The van der Waals surface area contributed by atoms with Gasteiger partial charge >= 0.3 is 6.18 Å². The summed E-state index contributed by atoms with van der Waals surface area (Å²) in [7, 11) is 1.54. The first-order chi connectivity index (χ1) is 8.24. The van der Waals surface area contributed by atoms with Crippen LogP contribution in [0, 0.1) is 0 Å². The third kappa shape index (κ3) is 3.64. The molecule has 1 aromatic rings. The van der Waals surface area contributed by atoms with Gasteiger partial charge in [-0.05, 0) is 6.42 Å². The molecule has 0 aromatic carbocycles. The van der Waals surface area contributed by atoms with Crippen molar-refractivity contribution in [2.45, 2.75) is 19.5 Å². The Balaban J connectivity index is 2.92. The lowest BCUT2D eigenvalue weighted by Crippen LogP contribution is -2.39. The third-order valence-corrected chi connectivity index (χ3v) is 2.21. The van der Waals surface area contributed by atoms with E-state index in [1.807, 2.05) is 0 Å². The highest BCUT2D eigenvalue weighted by Gasteiger charge is 2.34. The van der Waals surface area contributed by atoms with Gasteiger partial charge in [0.2, 0.25) is 0 Å². The minimum absolute atomic E-state index is 0.00829. The number of amides is 1. The fourth-order valence-corrected chi connectivity index (χ4v) is 1.56. The van der Waals surface area contributed by atoms with Crippen LogP contribution in [0.1, 0.15) is 23.8 Å². The number of nitrogens with two attached hydrogens (primary N) is 1. The number of halogens is 3. The number of nitrogen functional groups attached to an aromatic ring is 1. The van der Waals surface area contributed by atoms with Crippen molar-refractivity contribution in [1.29, 1.82) is 0 Å². The molecule has 18 heavy (non-hydrogen) atoms. The molecule has 2 N–H and O–H groups in total. The molecule has 0 saturated heterocycles. The molecule has 0 radical (unpaired) electrons. The number of carbonyl (C=O) groups is 1. The predicted molar refractivity (Wildman–Crippen MR) is 59.9 cm³/mol. The minimum Gasteiger partial charge on any atom is -0.396 e. The molecular weight excluding hydrogens is 249 g/mol. The largest absolute Gasteiger partial charge is 0.406 e. The van der Waals surface area contributed by atoms with E-state index in [-0.39, 0.29) is 17.9 Å². The van der Waals surface area contributed by atoms with E-state index in [1.54, 1.807) is 14.0 Å². The summed E-state index contributed by atoms with van der Waals surface area (Å²) in [4.78, 5) is 12.6. The van der Waals surface area contributed by atoms with E-state index < -0.39 is 18.6 Å². The summed E-state index contributed by atoms with van der Waals surface area (Å²) in [5.41, 5.74) is 5.46. The maximum Gasteiger partial charge on any atom is 0.406 e. The van der Waals surface area contributed by atoms with Crippen molar-refractivity contribution in [3.8, 4) is 0 Å². The van der Waals surface area contributed by atoms with E-state index in [1.165, 1.54) is 10.9 Å². The van der Waals surface area contributed by atoms with Gasteiger partial charge in [-0.15, -0.1) is 0 Å². The molecule has 0 aliphatic heterocycles. The second kappa shape index (κ2) is 5.28. The number of aryl methyl sites for hydroxylation is 1. The molecule has 1 aromatic heterocycles. The van der Waals surface area contributed by atoms with Crippen LogP contribution in [0.2, 0.25) is 0 Å². The van der Waals surface area contributed by atoms with Crippen molar-refractivity contribution in [1.82, 2.24) is 14.7 Å².